The van der Waals surface area contributed by atoms with Crippen molar-refractivity contribution >= 4 is 15.8 Å². The third-order valence-corrected chi connectivity index (χ3v) is 6.60. The molecule has 2 rings (SSSR count). The number of hydrogen-bond acceptors (Lipinski definition) is 5. The van der Waals surface area contributed by atoms with Gasteiger partial charge in [0.2, 0.25) is 0 Å². The minimum Gasteiger partial charge on any atom is -0.507 e. The van der Waals surface area contributed by atoms with Gasteiger partial charge in [0, 0.05) is 11.1 Å². The Morgan fingerprint density at radius 3 is 2.27 bits per heavy atom. The van der Waals surface area contributed by atoms with Crippen LogP contribution in [0.2, 0.25) is 0 Å². The van der Waals surface area contributed by atoms with Gasteiger partial charge in [-0.3, -0.25) is 0 Å². The lowest BCUT2D eigenvalue weighted by molar-refractivity contribution is -0.139. The van der Waals surface area contributed by atoms with Crippen molar-refractivity contribution in [3.8, 4) is 16.9 Å². The van der Waals surface area contributed by atoms with Crippen LogP contribution in [-0.4, -0.2) is 31.9 Å². The molecule has 0 fully saturated rings. The van der Waals surface area contributed by atoms with Crippen LogP contribution in [0.5, 0.6) is 5.75 Å². The molecule has 0 unspecified atom stereocenters. The molecule has 0 aromatic heterocycles. The average Bonchev–Trinajstić information content (AvgIpc) is 2.73. The van der Waals surface area contributed by atoms with Crippen molar-refractivity contribution in [3.05, 3.63) is 60.7 Å². The van der Waals surface area contributed by atoms with Crippen molar-refractivity contribution in [1.82, 2.24) is 0 Å². The number of ether oxygens (including phenoxy) is 1. The molecule has 6 heteroatoms. The van der Waals surface area contributed by atoms with Crippen LogP contribution in [0.1, 0.15) is 45.4 Å². The molecule has 1 N–H and O–H groups in total. The fraction of sp³-hybridized carbons (Fsp3) is 0.375. The summed E-state index contributed by atoms with van der Waals surface area (Å²) < 4.78 is 30.4. The van der Waals surface area contributed by atoms with E-state index in [0.717, 1.165) is 37.7 Å². The Morgan fingerprint density at radius 2 is 1.60 bits per heavy atom. The highest BCUT2D eigenvalue weighted by atomic mass is 32.2. The van der Waals surface area contributed by atoms with Crippen molar-refractivity contribution < 1.29 is 23.1 Å². The van der Waals surface area contributed by atoms with E-state index in [9.17, 15) is 18.3 Å². The van der Waals surface area contributed by atoms with E-state index in [2.05, 4.69) is 6.58 Å². The molecule has 2 aromatic rings. The molecule has 0 saturated heterocycles. The second-order valence-corrected chi connectivity index (χ2v) is 9.51. The van der Waals surface area contributed by atoms with Gasteiger partial charge in [-0.25, -0.2) is 13.2 Å². The van der Waals surface area contributed by atoms with Gasteiger partial charge in [0.25, 0.3) is 0 Å². The predicted octanol–water partition coefficient (Wildman–Crippen LogP) is 5.29. The van der Waals surface area contributed by atoms with Crippen molar-refractivity contribution in [3.63, 3.8) is 0 Å². The Kier molecular flexibility index (Phi) is 9.12. The van der Waals surface area contributed by atoms with Crippen LogP contribution < -0.4 is 0 Å². The second-order valence-electron chi connectivity index (χ2n) is 7.40. The van der Waals surface area contributed by atoms with Crippen LogP contribution in [0.25, 0.3) is 11.1 Å². The first-order valence-corrected chi connectivity index (χ1v) is 11.9. The second kappa shape index (κ2) is 11.6. The summed E-state index contributed by atoms with van der Waals surface area (Å²) in [7, 11) is -3.40. The van der Waals surface area contributed by atoms with Crippen LogP contribution in [-0.2, 0) is 19.4 Å². The highest BCUT2D eigenvalue weighted by molar-refractivity contribution is 7.91. The van der Waals surface area contributed by atoms with E-state index in [4.69, 9.17) is 4.74 Å². The molecule has 0 atom stereocenters. The van der Waals surface area contributed by atoms with Crippen molar-refractivity contribution in [1.29, 1.82) is 0 Å². The summed E-state index contributed by atoms with van der Waals surface area (Å²) in [6.07, 6.45) is 5.07. The van der Waals surface area contributed by atoms with Gasteiger partial charge in [-0.1, -0.05) is 62.6 Å². The lowest BCUT2D eigenvalue weighted by atomic mass is 10.1. The van der Waals surface area contributed by atoms with Crippen LogP contribution in [0.4, 0.5) is 0 Å². The topological polar surface area (TPSA) is 80.7 Å². The molecule has 0 radical (unpaired) electrons. The Balaban J connectivity index is 1.76. The zero-order valence-electron chi connectivity index (χ0n) is 17.5. The normalized spacial score (nSPS) is 11.2. The number of unbranched alkanes of at least 4 members (excludes halogenated alkanes) is 5. The maximum Gasteiger partial charge on any atom is 0.333 e. The van der Waals surface area contributed by atoms with E-state index in [1.165, 1.54) is 12.1 Å². The summed E-state index contributed by atoms with van der Waals surface area (Å²) in [5.74, 6) is -0.207. The molecule has 0 heterocycles. The molecule has 30 heavy (non-hydrogen) atoms. The highest BCUT2D eigenvalue weighted by Crippen LogP contribution is 2.31. The van der Waals surface area contributed by atoms with Gasteiger partial charge in [-0.15, -0.1) is 0 Å². The number of esters is 1. The van der Waals surface area contributed by atoms with Gasteiger partial charge >= 0.3 is 5.97 Å². The smallest absolute Gasteiger partial charge is 0.333 e. The Labute approximate surface area is 179 Å². The number of phenolic OH excluding ortho intramolecular Hbond substituents is 1. The Bertz CT molecular complexity index is 949. The van der Waals surface area contributed by atoms with Crippen LogP contribution >= 0.6 is 0 Å². The molecule has 0 aliphatic carbocycles. The number of carbonyl (C=O) groups is 1. The van der Waals surface area contributed by atoms with E-state index in [1.54, 1.807) is 13.0 Å². The largest absolute Gasteiger partial charge is 0.507 e. The number of phenols is 1. The third-order valence-electron chi connectivity index (χ3n) is 4.80. The van der Waals surface area contributed by atoms with E-state index < -0.39 is 9.84 Å². The van der Waals surface area contributed by atoms with Crippen molar-refractivity contribution in [2.45, 2.75) is 50.3 Å². The van der Waals surface area contributed by atoms with Crippen molar-refractivity contribution in [2.75, 3.05) is 12.4 Å². The van der Waals surface area contributed by atoms with E-state index >= 15 is 0 Å². The molecule has 0 bridgehead atoms. The number of benzene rings is 2. The zero-order chi connectivity index (χ0) is 22.0. The molecule has 5 nitrogen and oxygen atoms in total. The van der Waals surface area contributed by atoms with Crippen LogP contribution in [0.3, 0.4) is 0 Å². The number of hydrogen-bond donors (Lipinski definition) is 1. The van der Waals surface area contributed by atoms with Crippen LogP contribution in [0.15, 0.2) is 65.6 Å². The van der Waals surface area contributed by atoms with Gasteiger partial charge in [-0.05, 0) is 43.5 Å². The molecular weight excluding hydrogens is 400 g/mol. The summed E-state index contributed by atoms with van der Waals surface area (Å²) in [6, 6.07) is 13.7. The third kappa shape index (κ3) is 7.34. The minimum atomic E-state index is -3.40. The number of carbonyl (C=O) groups excluding carboxylic acids is 1. The molecule has 0 aliphatic heterocycles. The van der Waals surface area contributed by atoms with Gasteiger partial charge in [0.05, 0.1) is 17.3 Å². The SMILES string of the molecule is C=C(C)C(=O)OCCCCCCCCS(=O)(=O)c1ccc(O)c(-c2ccccc2)c1. The van der Waals surface area contributed by atoms with Crippen LogP contribution in [0, 0.1) is 0 Å². The maximum atomic E-state index is 12.7. The molecule has 0 aliphatic rings. The first kappa shape index (κ1) is 23.7. The average molecular weight is 431 g/mol. The fourth-order valence-electron chi connectivity index (χ4n) is 3.06. The van der Waals surface area contributed by atoms with Gasteiger partial charge < -0.3 is 9.84 Å². The standard InChI is InChI=1S/C24H30O5S/c1-19(2)24(26)29-16-10-5-3-4-6-11-17-30(27,28)21-14-15-23(25)22(18-21)20-12-8-7-9-13-20/h7-9,12-15,18,25H,1,3-6,10-11,16-17H2,2H3. The summed E-state index contributed by atoms with van der Waals surface area (Å²) in [6.45, 7) is 5.55. The first-order chi connectivity index (χ1) is 14.3. The molecule has 0 spiro atoms. The summed E-state index contributed by atoms with van der Waals surface area (Å²) >= 11 is 0. The monoisotopic (exact) mass is 430 g/mol. The maximum absolute atomic E-state index is 12.7. The quantitative estimate of drug-likeness (QED) is 0.281. The summed E-state index contributed by atoms with van der Waals surface area (Å²) in [5.41, 5.74) is 1.70. The Hall–Kier alpha value is -2.60. The first-order valence-electron chi connectivity index (χ1n) is 10.2. The molecule has 0 saturated carbocycles. The molecule has 0 amide bonds. The number of sulfone groups is 1. The molecule has 162 valence electrons. The Morgan fingerprint density at radius 1 is 0.967 bits per heavy atom. The summed E-state index contributed by atoms with van der Waals surface area (Å²) in [4.78, 5) is 11.5. The lowest BCUT2D eigenvalue weighted by Gasteiger charge is -2.09. The van der Waals surface area contributed by atoms with Gasteiger partial charge in [0.1, 0.15) is 5.75 Å². The summed E-state index contributed by atoms with van der Waals surface area (Å²) in [5, 5.41) is 10.1. The molecule has 2 aromatic carbocycles. The van der Waals surface area contributed by atoms with Crippen molar-refractivity contribution in [2.24, 2.45) is 0 Å². The highest BCUT2D eigenvalue weighted by Gasteiger charge is 2.16. The fourth-order valence-corrected chi connectivity index (χ4v) is 4.46. The predicted molar refractivity (Wildman–Crippen MR) is 119 cm³/mol. The van der Waals surface area contributed by atoms with E-state index in [1.807, 2.05) is 30.3 Å². The molecular formula is C24H30O5S. The lowest BCUT2D eigenvalue weighted by Crippen LogP contribution is -2.07. The van der Waals surface area contributed by atoms with E-state index in [-0.39, 0.29) is 22.4 Å². The minimum absolute atomic E-state index is 0.0640. The van der Waals surface area contributed by atoms with Gasteiger partial charge in [-0.2, -0.15) is 0 Å². The van der Waals surface area contributed by atoms with E-state index in [0.29, 0.717) is 24.2 Å². The number of aromatic hydroxyl groups is 1. The zero-order valence-corrected chi connectivity index (χ0v) is 18.3. The van der Waals surface area contributed by atoms with Gasteiger partial charge in [0.15, 0.2) is 9.84 Å². The number of rotatable bonds is 12.